The number of halogens is 1. The average molecular weight is 338 g/mol. The second-order valence-electron chi connectivity index (χ2n) is 6.07. The van der Waals surface area contributed by atoms with Crippen LogP contribution < -0.4 is 9.80 Å². The van der Waals surface area contributed by atoms with Gasteiger partial charge in [-0.25, -0.2) is 4.39 Å². The quantitative estimate of drug-likeness (QED) is 0.730. The number of anilines is 2. The Kier molecular flexibility index (Phi) is 4.33. The van der Waals surface area contributed by atoms with Gasteiger partial charge in [-0.05, 0) is 30.7 Å². The highest BCUT2D eigenvalue weighted by atomic mass is 19.1. The summed E-state index contributed by atoms with van der Waals surface area (Å²) in [6, 6.07) is 17.0. The van der Waals surface area contributed by atoms with Gasteiger partial charge in [-0.1, -0.05) is 35.5 Å². The predicted octanol–water partition coefficient (Wildman–Crippen LogP) is 3.59. The van der Waals surface area contributed by atoms with Crippen LogP contribution >= 0.6 is 0 Å². The maximum atomic E-state index is 13.1. The van der Waals surface area contributed by atoms with Gasteiger partial charge in [-0.2, -0.15) is 4.98 Å². The molecule has 0 saturated carbocycles. The topological polar surface area (TPSA) is 45.4 Å². The molecule has 0 amide bonds. The van der Waals surface area contributed by atoms with Gasteiger partial charge in [0, 0.05) is 37.4 Å². The summed E-state index contributed by atoms with van der Waals surface area (Å²) in [5, 5.41) is 4.10. The van der Waals surface area contributed by atoms with Crippen LogP contribution in [0.25, 0.3) is 11.4 Å². The molecule has 0 bridgehead atoms. The molecule has 0 spiro atoms. The molecule has 0 unspecified atom stereocenters. The number of hydrogen-bond acceptors (Lipinski definition) is 5. The minimum atomic E-state index is -0.209. The third-order valence-electron chi connectivity index (χ3n) is 4.41. The summed E-state index contributed by atoms with van der Waals surface area (Å²) >= 11 is 0. The van der Waals surface area contributed by atoms with Crippen molar-refractivity contribution in [2.45, 2.75) is 6.42 Å². The number of rotatable bonds is 3. The largest absolute Gasteiger partial charge is 0.370 e. The Bertz CT molecular complexity index is 819. The molecule has 2 aromatic carbocycles. The van der Waals surface area contributed by atoms with Crippen LogP contribution in [0.2, 0.25) is 0 Å². The van der Waals surface area contributed by atoms with E-state index in [0.717, 1.165) is 43.9 Å². The van der Waals surface area contributed by atoms with Gasteiger partial charge < -0.3 is 14.3 Å². The Labute approximate surface area is 145 Å². The first-order chi connectivity index (χ1) is 12.3. The van der Waals surface area contributed by atoms with E-state index in [-0.39, 0.29) is 5.82 Å². The second-order valence-corrected chi connectivity index (χ2v) is 6.07. The summed E-state index contributed by atoms with van der Waals surface area (Å²) in [4.78, 5) is 8.91. The third kappa shape index (κ3) is 3.47. The van der Waals surface area contributed by atoms with Crippen LogP contribution in [0, 0.1) is 5.82 Å². The van der Waals surface area contributed by atoms with Crippen molar-refractivity contribution >= 4 is 11.7 Å². The lowest BCUT2D eigenvalue weighted by Crippen LogP contribution is -2.30. The van der Waals surface area contributed by atoms with Crippen LogP contribution in [0.4, 0.5) is 16.1 Å². The second kappa shape index (κ2) is 6.93. The maximum Gasteiger partial charge on any atom is 0.324 e. The average Bonchev–Trinajstić information content (AvgIpc) is 3.02. The summed E-state index contributed by atoms with van der Waals surface area (Å²) < 4.78 is 18.6. The molecule has 2 heterocycles. The highest BCUT2D eigenvalue weighted by molar-refractivity contribution is 5.55. The SMILES string of the molecule is Fc1ccc(N2CCCN(c3nc(-c4ccccc4)no3)CC2)cc1. The molecule has 1 aromatic heterocycles. The zero-order valence-corrected chi connectivity index (χ0v) is 13.8. The molecule has 1 fully saturated rings. The van der Waals surface area contributed by atoms with Gasteiger partial charge in [-0.3, -0.25) is 0 Å². The van der Waals surface area contributed by atoms with Crippen LogP contribution in [-0.4, -0.2) is 36.3 Å². The number of aromatic nitrogens is 2. The van der Waals surface area contributed by atoms with Gasteiger partial charge in [0.25, 0.3) is 0 Å². The fourth-order valence-electron chi connectivity index (χ4n) is 3.07. The highest BCUT2D eigenvalue weighted by Gasteiger charge is 2.20. The van der Waals surface area contributed by atoms with Crippen molar-refractivity contribution in [3.8, 4) is 11.4 Å². The molecule has 1 aliphatic heterocycles. The Morgan fingerprint density at radius 1 is 0.840 bits per heavy atom. The van der Waals surface area contributed by atoms with Crippen molar-refractivity contribution in [3.05, 3.63) is 60.4 Å². The van der Waals surface area contributed by atoms with E-state index in [1.54, 1.807) is 0 Å². The fraction of sp³-hybridized carbons (Fsp3) is 0.263. The molecule has 3 aromatic rings. The Balaban J connectivity index is 1.46. The Morgan fingerprint density at radius 3 is 2.36 bits per heavy atom. The van der Waals surface area contributed by atoms with Gasteiger partial charge in [0.05, 0.1) is 0 Å². The van der Waals surface area contributed by atoms with Crippen molar-refractivity contribution in [2.24, 2.45) is 0 Å². The minimum Gasteiger partial charge on any atom is -0.370 e. The van der Waals surface area contributed by atoms with Crippen molar-refractivity contribution in [1.29, 1.82) is 0 Å². The van der Waals surface area contributed by atoms with E-state index in [1.807, 2.05) is 42.5 Å². The standard InChI is InChI=1S/C19H19FN4O/c20-16-7-9-17(10-8-16)23-11-4-12-24(14-13-23)19-21-18(22-25-19)15-5-2-1-3-6-15/h1-3,5-10H,4,11-14H2. The van der Waals surface area contributed by atoms with Gasteiger partial charge in [0.1, 0.15) is 5.82 Å². The number of nitrogens with zero attached hydrogens (tertiary/aromatic N) is 4. The molecular formula is C19H19FN4O. The van der Waals surface area contributed by atoms with E-state index < -0.39 is 0 Å². The third-order valence-corrected chi connectivity index (χ3v) is 4.41. The van der Waals surface area contributed by atoms with Gasteiger partial charge in [-0.15, -0.1) is 0 Å². The number of hydrogen-bond donors (Lipinski definition) is 0. The summed E-state index contributed by atoms with van der Waals surface area (Å²) in [5.74, 6) is 0.398. The van der Waals surface area contributed by atoms with E-state index in [9.17, 15) is 4.39 Å². The Morgan fingerprint density at radius 2 is 1.56 bits per heavy atom. The van der Waals surface area contributed by atoms with Gasteiger partial charge >= 0.3 is 6.01 Å². The first-order valence-corrected chi connectivity index (χ1v) is 8.44. The van der Waals surface area contributed by atoms with Crippen LogP contribution in [0.15, 0.2) is 59.1 Å². The van der Waals surface area contributed by atoms with Crippen molar-refractivity contribution < 1.29 is 8.91 Å². The molecule has 1 aliphatic rings. The molecule has 1 saturated heterocycles. The van der Waals surface area contributed by atoms with Crippen molar-refractivity contribution in [1.82, 2.24) is 10.1 Å². The van der Waals surface area contributed by atoms with E-state index in [1.165, 1.54) is 12.1 Å². The zero-order valence-electron chi connectivity index (χ0n) is 13.8. The molecule has 0 atom stereocenters. The minimum absolute atomic E-state index is 0.209. The molecular weight excluding hydrogens is 319 g/mol. The highest BCUT2D eigenvalue weighted by Crippen LogP contribution is 2.22. The normalized spacial score (nSPS) is 15.2. The molecule has 0 N–H and O–H groups in total. The lowest BCUT2D eigenvalue weighted by Gasteiger charge is -2.22. The van der Waals surface area contributed by atoms with Gasteiger partial charge in [0.2, 0.25) is 5.82 Å². The maximum absolute atomic E-state index is 13.1. The lowest BCUT2D eigenvalue weighted by molar-refractivity contribution is 0.415. The molecule has 25 heavy (non-hydrogen) atoms. The lowest BCUT2D eigenvalue weighted by atomic mass is 10.2. The predicted molar refractivity (Wildman–Crippen MR) is 95.2 cm³/mol. The van der Waals surface area contributed by atoms with Crippen LogP contribution in [0.5, 0.6) is 0 Å². The summed E-state index contributed by atoms with van der Waals surface area (Å²) in [5.41, 5.74) is 1.99. The first-order valence-electron chi connectivity index (χ1n) is 8.44. The molecule has 6 heteroatoms. The smallest absolute Gasteiger partial charge is 0.324 e. The van der Waals surface area contributed by atoms with E-state index in [4.69, 9.17) is 4.52 Å². The monoisotopic (exact) mass is 338 g/mol. The van der Waals surface area contributed by atoms with Gasteiger partial charge in [0.15, 0.2) is 0 Å². The molecule has 0 aliphatic carbocycles. The summed E-state index contributed by atoms with van der Waals surface area (Å²) in [7, 11) is 0. The van der Waals surface area contributed by atoms with Crippen LogP contribution in [-0.2, 0) is 0 Å². The summed E-state index contributed by atoms with van der Waals surface area (Å²) in [6.45, 7) is 3.39. The van der Waals surface area contributed by atoms with E-state index >= 15 is 0 Å². The van der Waals surface area contributed by atoms with E-state index in [0.29, 0.717) is 11.8 Å². The first kappa shape index (κ1) is 15.6. The molecule has 5 nitrogen and oxygen atoms in total. The van der Waals surface area contributed by atoms with E-state index in [2.05, 4.69) is 19.9 Å². The Hall–Kier alpha value is -2.89. The molecule has 0 radical (unpaired) electrons. The fourth-order valence-corrected chi connectivity index (χ4v) is 3.07. The van der Waals surface area contributed by atoms with Crippen molar-refractivity contribution in [3.63, 3.8) is 0 Å². The zero-order chi connectivity index (χ0) is 17.1. The van der Waals surface area contributed by atoms with Crippen LogP contribution in [0.1, 0.15) is 6.42 Å². The molecule has 128 valence electrons. The number of benzene rings is 2. The molecule has 4 rings (SSSR count). The van der Waals surface area contributed by atoms with Crippen molar-refractivity contribution in [2.75, 3.05) is 36.0 Å². The summed E-state index contributed by atoms with van der Waals surface area (Å²) in [6.07, 6.45) is 0.973. The van der Waals surface area contributed by atoms with Crippen LogP contribution in [0.3, 0.4) is 0 Å².